The maximum absolute atomic E-state index is 12.5. The molecular formula is C23H25N3O5. The molecule has 1 aromatic heterocycles. The molecule has 1 aliphatic heterocycles. The Balaban J connectivity index is 1.49. The highest BCUT2D eigenvalue weighted by Gasteiger charge is 2.15. The van der Waals surface area contributed by atoms with Gasteiger partial charge in [-0.1, -0.05) is 12.1 Å². The van der Waals surface area contributed by atoms with Crippen LogP contribution in [0.2, 0.25) is 0 Å². The van der Waals surface area contributed by atoms with Gasteiger partial charge in [0.05, 0.1) is 33.1 Å². The number of nitrogens with zero attached hydrogens (tertiary/aromatic N) is 2. The lowest BCUT2D eigenvalue weighted by molar-refractivity contribution is -0.118. The smallest absolute Gasteiger partial charge is 0.262 e. The Kier molecular flexibility index (Phi) is 6.37. The molecule has 3 aromatic rings. The van der Waals surface area contributed by atoms with Crippen molar-refractivity contribution in [3.8, 4) is 17.2 Å². The predicted molar refractivity (Wildman–Crippen MR) is 118 cm³/mol. The van der Waals surface area contributed by atoms with Crippen LogP contribution in [0, 0.1) is 0 Å². The maximum Gasteiger partial charge on any atom is 0.262 e. The Hall–Kier alpha value is -3.52. The van der Waals surface area contributed by atoms with Crippen LogP contribution in [0.5, 0.6) is 17.2 Å². The van der Waals surface area contributed by atoms with Gasteiger partial charge in [0.1, 0.15) is 28.6 Å². The number of carbonyl (C=O) groups excluding carboxylic acids is 1. The number of fused-ring (bicyclic) bond motifs is 1. The van der Waals surface area contributed by atoms with Gasteiger partial charge in [0.15, 0.2) is 6.61 Å². The van der Waals surface area contributed by atoms with E-state index in [1.165, 1.54) is 0 Å². The van der Waals surface area contributed by atoms with E-state index >= 15 is 0 Å². The number of hydrogen-bond donors (Lipinski definition) is 1. The Morgan fingerprint density at radius 2 is 1.90 bits per heavy atom. The standard InChI is InChI=1S/C23H25N3O5/c1-28-17-7-8-19(29-2)18(14-17)24-22(27)15-31-20-5-3-4-16-6-9-21(25-23(16)20)26-10-12-30-13-11-26/h3-9,14H,10-13,15H2,1-2H3,(H,24,27). The number of pyridine rings is 1. The van der Waals surface area contributed by atoms with E-state index < -0.39 is 0 Å². The molecule has 0 unspecified atom stereocenters. The third kappa shape index (κ3) is 4.80. The molecule has 0 saturated carbocycles. The van der Waals surface area contributed by atoms with E-state index in [4.69, 9.17) is 23.9 Å². The largest absolute Gasteiger partial charge is 0.497 e. The monoisotopic (exact) mass is 423 g/mol. The van der Waals surface area contributed by atoms with Crippen LogP contribution in [0.4, 0.5) is 11.5 Å². The first kappa shape index (κ1) is 20.7. The van der Waals surface area contributed by atoms with Crippen molar-refractivity contribution in [1.29, 1.82) is 0 Å². The van der Waals surface area contributed by atoms with Crippen molar-refractivity contribution in [3.05, 3.63) is 48.5 Å². The summed E-state index contributed by atoms with van der Waals surface area (Å²) in [6.45, 7) is 2.80. The number of aromatic nitrogens is 1. The van der Waals surface area contributed by atoms with Crippen LogP contribution >= 0.6 is 0 Å². The van der Waals surface area contributed by atoms with Crippen LogP contribution in [0.1, 0.15) is 0 Å². The van der Waals surface area contributed by atoms with Gasteiger partial charge in [-0.05, 0) is 30.3 Å². The van der Waals surface area contributed by atoms with Crippen LogP contribution in [-0.2, 0) is 9.53 Å². The lowest BCUT2D eigenvalue weighted by Crippen LogP contribution is -2.36. The molecule has 1 aliphatic rings. The van der Waals surface area contributed by atoms with E-state index in [9.17, 15) is 4.79 Å². The van der Waals surface area contributed by atoms with Crippen molar-refractivity contribution in [1.82, 2.24) is 4.98 Å². The fourth-order valence-corrected chi connectivity index (χ4v) is 3.44. The molecule has 2 aromatic carbocycles. The van der Waals surface area contributed by atoms with Gasteiger partial charge in [-0.25, -0.2) is 4.98 Å². The summed E-state index contributed by atoms with van der Waals surface area (Å²) in [5.74, 6) is 2.27. The summed E-state index contributed by atoms with van der Waals surface area (Å²) in [5, 5.41) is 3.75. The fourth-order valence-electron chi connectivity index (χ4n) is 3.44. The molecule has 1 saturated heterocycles. The number of ether oxygens (including phenoxy) is 4. The molecule has 1 amide bonds. The summed E-state index contributed by atoms with van der Waals surface area (Å²) in [7, 11) is 3.11. The van der Waals surface area contributed by atoms with Gasteiger partial charge >= 0.3 is 0 Å². The second-order valence-electron chi connectivity index (χ2n) is 7.00. The van der Waals surface area contributed by atoms with Crippen molar-refractivity contribution in [3.63, 3.8) is 0 Å². The number of methoxy groups -OCH3 is 2. The van der Waals surface area contributed by atoms with Crippen LogP contribution in [0.25, 0.3) is 10.9 Å². The lowest BCUT2D eigenvalue weighted by Gasteiger charge is -2.28. The third-order valence-electron chi connectivity index (χ3n) is 5.04. The lowest BCUT2D eigenvalue weighted by atomic mass is 10.2. The Morgan fingerprint density at radius 3 is 2.68 bits per heavy atom. The van der Waals surface area contributed by atoms with E-state index in [0.717, 1.165) is 29.8 Å². The fraction of sp³-hybridized carbons (Fsp3) is 0.304. The van der Waals surface area contributed by atoms with E-state index in [2.05, 4.69) is 10.2 Å². The number of benzene rings is 2. The zero-order chi connectivity index (χ0) is 21.6. The van der Waals surface area contributed by atoms with E-state index in [-0.39, 0.29) is 12.5 Å². The molecule has 0 radical (unpaired) electrons. The van der Waals surface area contributed by atoms with Crippen LogP contribution in [0.3, 0.4) is 0 Å². The van der Waals surface area contributed by atoms with E-state index in [1.807, 2.05) is 30.3 Å². The van der Waals surface area contributed by atoms with Gasteiger partial charge in [-0.2, -0.15) is 0 Å². The molecule has 1 fully saturated rings. The van der Waals surface area contributed by atoms with Crippen molar-refractivity contribution in [2.75, 3.05) is 57.3 Å². The molecule has 162 valence electrons. The maximum atomic E-state index is 12.5. The summed E-state index contributed by atoms with van der Waals surface area (Å²) < 4.78 is 21.8. The molecule has 2 heterocycles. The zero-order valence-corrected chi connectivity index (χ0v) is 17.6. The molecule has 1 N–H and O–H groups in total. The minimum Gasteiger partial charge on any atom is -0.497 e. The number of para-hydroxylation sites is 1. The van der Waals surface area contributed by atoms with Crippen molar-refractivity contribution < 1.29 is 23.7 Å². The summed E-state index contributed by atoms with van der Waals surface area (Å²) >= 11 is 0. The van der Waals surface area contributed by atoms with E-state index in [0.29, 0.717) is 36.1 Å². The normalized spacial score (nSPS) is 13.7. The van der Waals surface area contributed by atoms with Gasteiger partial charge in [0, 0.05) is 24.5 Å². The second kappa shape index (κ2) is 9.53. The second-order valence-corrected chi connectivity index (χ2v) is 7.00. The molecule has 8 heteroatoms. The molecular weight excluding hydrogens is 398 g/mol. The summed E-state index contributed by atoms with van der Waals surface area (Å²) in [4.78, 5) is 19.5. The topological polar surface area (TPSA) is 82.2 Å². The Morgan fingerprint density at radius 1 is 1.06 bits per heavy atom. The van der Waals surface area contributed by atoms with Crippen molar-refractivity contribution >= 4 is 28.3 Å². The minimum absolute atomic E-state index is 0.164. The van der Waals surface area contributed by atoms with Gasteiger partial charge in [0.2, 0.25) is 0 Å². The average Bonchev–Trinajstić information content (AvgIpc) is 2.82. The molecule has 0 bridgehead atoms. The van der Waals surface area contributed by atoms with Gasteiger partial charge in [-0.15, -0.1) is 0 Å². The first-order valence-corrected chi connectivity index (χ1v) is 10.0. The summed E-state index contributed by atoms with van der Waals surface area (Å²) in [6.07, 6.45) is 0. The number of amides is 1. The van der Waals surface area contributed by atoms with Crippen molar-refractivity contribution in [2.45, 2.75) is 0 Å². The predicted octanol–water partition coefficient (Wildman–Crippen LogP) is 3.11. The van der Waals surface area contributed by atoms with E-state index in [1.54, 1.807) is 32.4 Å². The number of anilines is 2. The number of carbonyl (C=O) groups is 1. The molecule has 0 atom stereocenters. The van der Waals surface area contributed by atoms with Gasteiger partial charge in [0.25, 0.3) is 5.91 Å². The van der Waals surface area contributed by atoms with Crippen molar-refractivity contribution in [2.24, 2.45) is 0 Å². The van der Waals surface area contributed by atoms with Crippen LogP contribution < -0.4 is 24.4 Å². The molecule has 4 rings (SSSR count). The Labute approximate surface area is 180 Å². The first-order valence-electron chi connectivity index (χ1n) is 10.0. The van der Waals surface area contributed by atoms with Gasteiger partial charge < -0.3 is 29.2 Å². The summed E-state index contributed by atoms with van der Waals surface area (Å²) in [5.41, 5.74) is 1.24. The quantitative estimate of drug-likeness (QED) is 0.625. The number of hydrogen-bond acceptors (Lipinski definition) is 7. The van der Waals surface area contributed by atoms with Gasteiger partial charge in [-0.3, -0.25) is 4.79 Å². The third-order valence-corrected chi connectivity index (χ3v) is 5.04. The molecule has 31 heavy (non-hydrogen) atoms. The minimum atomic E-state index is -0.312. The van der Waals surface area contributed by atoms with Crippen LogP contribution in [0.15, 0.2) is 48.5 Å². The number of rotatable bonds is 7. The SMILES string of the molecule is COc1ccc(OC)c(NC(=O)COc2cccc3ccc(N4CCOCC4)nc23)c1. The highest BCUT2D eigenvalue weighted by atomic mass is 16.5. The Bertz CT molecular complexity index is 1070. The molecule has 0 aliphatic carbocycles. The summed E-state index contributed by atoms with van der Waals surface area (Å²) in [6, 6.07) is 14.9. The highest BCUT2D eigenvalue weighted by molar-refractivity contribution is 5.94. The zero-order valence-electron chi connectivity index (χ0n) is 17.6. The number of nitrogens with one attached hydrogen (secondary N) is 1. The van der Waals surface area contributed by atoms with Crippen LogP contribution in [-0.4, -0.2) is 58.0 Å². The molecule has 0 spiro atoms. The average molecular weight is 423 g/mol. The highest BCUT2D eigenvalue weighted by Crippen LogP contribution is 2.29. The first-order chi connectivity index (χ1) is 15.2. The molecule has 8 nitrogen and oxygen atoms in total. The number of morpholine rings is 1.